The Kier molecular flexibility index (Phi) is 7.40. The summed E-state index contributed by atoms with van der Waals surface area (Å²) >= 11 is 0. The van der Waals surface area contributed by atoms with Gasteiger partial charge in [-0.1, -0.05) is 36.4 Å². The Bertz CT molecular complexity index is 1440. The van der Waals surface area contributed by atoms with Crippen LogP contribution in [0.25, 0.3) is 10.8 Å². The van der Waals surface area contributed by atoms with Gasteiger partial charge in [0.2, 0.25) is 0 Å². The maximum Gasteiger partial charge on any atom is 0.261 e. The average Bonchev–Trinajstić information content (AvgIpc) is 2.93. The molecule has 1 aliphatic heterocycles. The van der Waals surface area contributed by atoms with Gasteiger partial charge >= 0.3 is 0 Å². The molecule has 6 nitrogen and oxygen atoms in total. The number of fused-ring (bicyclic) bond motifs is 2. The van der Waals surface area contributed by atoms with Gasteiger partial charge in [0.25, 0.3) is 5.91 Å². The van der Waals surface area contributed by atoms with Crippen molar-refractivity contribution < 1.29 is 23.7 Å². The van der Waals surface area contributed by atoms with E-state index in [1.807, 2.05) is 79.4 Å². The molecule has 5 rings (SSSR count). The minimum Gasteiger partial charge on any atom is -0.493 e. The van der Waals surface area contributed by atoms with Crippen molar-refractivity contribution in [1.82, 2.24) is 4.90 Å². The van der Waals surface area contributed by atoms with Crippen LogP contribution in [-0.2, 0) is 11.2 Å². The number of benzene rings is 4. The number of nitrogens with zero attached hydrogens (tertiary/aromatic N) is 1. The number of carbonyl (C=O) groups excluding carboxylic acids is 1. The molecule has 4 aromatic carbocycles. The van der Waals surface area contributed by atoms with Gasteiger partial charge in [-0.05, 0) is 89.7 Å². The highest BCUT2D eigenvalue weighted by atomic mass is 16.5. The molecular formula is C32H33NO5. The third kappa shape index (κ3) is 5.40. The Hall–Kier alpha value is -4.19. The number of carbonyl (C=O) groups is 1. The zero-order valence-electron chi connectivity index (χ0n) is 22.3. The number of rotatable bonds is 8. The molecule has 0 saturated heterocycles. The van der Waals surface area contributed by atoms with Crippen LogP contribution in [0.1, 0.15) is 28.3 Å². The minimum absolute atomic E-state index is 0.0545. The van der Waals surface area contributed by atoms with Crippen molar-refractivity contribution in [3.63, 3.8) is 0 Å². The SMILES string of the molecule is COc1cc2c(cc1OC)C(COc1cc(C)cc(C)c1)N(C(=O)COc1ccc3ccccc3c1)CC2. The number of ether oxygens (including phenoxy) is 4. The summed E-state index contributed by atoms with van der Waals surface area (Å²) in [5.41, 5.74) is 4.38. The topological polar surface area (TPSA) is 57.2 Å². The summed E-state index contributed by atoms with van der Waals surface area (Å²) in [7, 11) is 3.25. The highest BCUT2D eigenvalue weighted by Crippen LogP contribution is 2.38. The number of aryl methyl sites for hydroxylation is 2. The number of amides is 1. The summed E-state index contributed by atoms with van der Waals surface area (Å²) in [6.45, 7) is 4.91. The van der Waals surface area contributed by atoms with Gasteiger partial charge in [0.15, 0.2) is 18.1 Å². The van der Waals surface area contributed by atoms with E-state index in [1.165, 1.54) is 0 Å². The van der Waals surface area contributed by atoms with Crippen LogP contribution in [0.2, 0.25) is 0 Å². The maximum atomic E-state index is 13.5. The summed E-state index contributed by atoms with van der Waals surface area (Å²) in [6, 6.07) is 23.8. The van der Waals surface area contributed by atoms with Crippen LogP contribution < -0.4 is 18.9 Å². The largest absolute Gasteiger partial charge is 0.493 e. The Balaban J connectivity index is 1.40. The van der Waals surface area contributed by atoms with Crippen LogP contribution in [0.4, 0.5) is 0 Å². The summed E-state index contributed by atoms with van der Waals surface area (Å²) in [5, 5.41) is 2.21. The van der Waals surface area contributed by atoms with E-state index >= 15 is 0 Å². The Morgan fingerprint density at radius 1 is 0.816 bits per heavy atom. The van der Waals surface area contributed by atoms with E-state index in [0.29, 0.717) is 36.8 Å². The van der Waals surface area contributed by atoms with Crippen LogP contribution in [-0.4, -0.2) is 44.8 Å². The van der Waals surface area contributed by atoms with Crippen LogP contribution in [0, 0.1) is 13.8 Å². The van der Waals surface area contributed by atoms with Gasteiger partial charge in [0.05, 0.1) is 20.3 Å². The van der Waals surface area contributed by atoms with E-state index in [-0.39, 0.29) is 18.6 Å². The van der Waals surface area contributed by atoms with Gasteiger partial charge in [-0.25, -0.2) is 0 Å². The normalized spacial score (nSPS) is 14.6. The molecule has 0 radical (unpaired) electrons. The van der Waals surface area contributed by atoms with Gasteiger partial charge in [-0.2, -0.15) is 0 Å². The standard InChI is InChI=1S/C32H33NO5/c1-21-13-22(2)15-27(14-21)37-19-29-28-18-31(36-4)30(35-3)17-25(28)11-12-33(29)32(34)20-38-26-10-9-23-7-5-6-8-24(23)16-26/h5-10,13-18,29H,11-12,19-20H2,1-4H3. The average molecular weight is 512 g/mol. The molecule has 0 aliphatic carbocycles. The van der Waals surface area contributed by atoms with E-state index in [9.17, 15) is 4.79 Å². The molecule has 0 aromatic heterocycles. The molecule has 1 amide bonds. The van der Waals surface area contributed by atoms with E-state index in [2.05, 4.69) is 12.1 Å². The first kappa shape index (κ1) is 25.5. The zero-order chi connectivity index (χ0) is 26.6. The van der Waals surface area contributed by atoms with Gasteiger partial charge in [-0.3, -0.25) is 4.79 Å². The molecule has 1 heterocycles. The number of hydrogen-bond acceptors (Lipinski definition) is 5. The molecule has 196 valence electrons. The second-order valence-corrected chi connectivity index (χ2v) is 9.69. The molecule has 38 heavy (non-hydrogen) atoms. The van der Waals surface area contributed by atoms with Crippen LogP contribution in [0.3, 0.4) is 0 Å². The number of hydrogen-bond donors (Lipinski definition) is 0. The van der Waals surface area contributed by atoms with E-state index < -0.39 is 0 Å². The van der Waals surface area contributed by atoms with E-state index in [0.717, 1.165) is 38.8 Å². The molecule has 1 atom stereocenters. The Labute approximate surface area is 223 Å². The number of methoxy groups -OCH3 is 2. The van der Waals surface area contributed by atoms with Crippen LogP contribution in [0.15, 0.2) is 72.8 Å². The molecule has 1 unspecified atom stereocenters. The second-order valence-electron chi connectivity index (χ2n) is 9.69. The molecular weight excluding hydrogens is 478 g/mol. The first-order chi connectivity index (χ1) is 18.4. The predicted octanol–water partition coefficient (Wildman–Crippen LogP) is 6.06. The van der Waals surface area contributed by atoms with Crippen molar-refractivity contribution in [1.29, 1.82) is 0 Å². The lowest BCUT2D eigenvalue weighted by molar-refractivity contribution is -0.137. The Morgan fingerprint density at radius 3 is 2.26 bits per heavy atom. The highest BCUT2D eigenvalue weighted by molar-refractivity contribution is 5.84. The fourth-order valence-corrected chi connectivity index (χ4v) is 5.18. The fraction of sp³-hybridized carbons (Fsp3) is 0.281. The molecule has 1 aliphatic rings. The van der Waals surface area contributed by atoms with Crippen molar-refractivity contribution in [2.45, 2.75) is 26.3 Å². The minimum atomic E-state index is -0.299. The van der Waals surface area contributed by atoms with Gasteiger partial charge < -0.3 is 23.8 Å². The quantitative estimate of drug-likeness (QED) is 0.288. The first-order valence-electron chi connectivity index (χ1n) is 12.8. The second kappa shape index (κ2) is 11.1. The van der Waals surface area contributed by atoms with Crippen molar-refractivity contribution in [3.8, 4) is 23.0 Å². The summed E-state index contributed by atoms with van der Waals surface area (Å²) in [6.07, 6.45) is 0.706. The van der Waals surface area contributed by atoms with Gasteiger partial charge in [-0.15, -0.1) is 0 Å². The van der Waals surface area contributed by atoms with Crippen molar-refractivity contribution in [2.75, 3.05) is 34.0 Å². The lowest BCUT2D eigenvalue weighted by Gasteiger charge is -2.37. The predicted molar refractivity (Wildman–Crippen MR) is 149 cm³/mol. The zero-order valence-corrected chi connectivity index (χ0v) is 22.3. The van der Waals surface area contributed by atoms with Gasteiger partial charge in [0.1, 0.15) is 18.1 Å². The van der Waals surface area contributed by atoms with Crippen molar-refractivity contribution >= 4 is 16.7 Å². The molecule has 0 spiro atoms. The Morgan fingerprint density at radius 2 is 1.53 bits per heavy atom. The summed E-state index contributed by atoms with van der Waals surface area (Å²) in [5.74, 6) is 2.68. The summed E-state index contributed by atoms with van der Waals surface area (Å²) in [4.78, 5) is 15.4. The van der Waals surface area contributed by atoms with Crippen molar-refractivity contribution in [2.24, 2.45) is 0 Å². The van der Waals surface area contributed by atoms with Crippen LogP contribution >= 0.6 is 0 Å². The smallest absolute Gasteiger partial charge is 0.261 e. The monoisotopic (exact) mass is 511 g/mol. The highest BCUT2D eigenvalue weighted by Gasteiger charge is 2.33. The summed E-state index contributed by atoms with van der Waals surface area (Å²) < 4.78 is 23.4. The third-order valence-electron chi connectivity index (χ3n) is 7.01. The fourth-order valence-electron chi connectivity index (χ4n) is 5.18. The molecule has 0 bridgehead atoms. The molecule has 6 heteroatoms. The van der Waals surface area contributed by atoms with Crippen molar-refractivity contribution in [3.05, 3.63) is 95.1 Å². The third-order valence-corrected chi connectivity index (χ3v) is 7.01. The lowest BCUT2D eigenvalue weighted by Crippen LogP contribution is -2.44. The molecule has 4 aromatic rings. The maximum absolute atomic E-state index is 13.5. The molecule has 0 fully saturated rings. The van der Waals surface area contributed by atoms with E-state index in [1.54, 1.807) is 14.2 Å². The van der Waals surface area contributed by atoms with Gasteiger partial charge in [0, 0.05) is 6.54 Å². The molecule has 0 N–H and O–H groups in total. The first-order valence-corrected chi connectivity index (χ1v) is 12.8. The lowest BCUT2D eigenvalue weighted by atomic mass is 9.92. The van der Waals surface area contributed by atoms with Crippen LogP contribution in [0.5, 0.6) is 23.0 Å². The van der Waals surface area contributed by atoms with E-state index in [4.69, 9.17) is 18.9 Å². The molecule has 0 saturated carbocycles.